The highest BCUT2D eigenvalue weighted by Crippen LogP contribution is 2.41. The molecule has 0 saturated heterocycles. The molecule has 2 aromatic rings. The first-order chi connectivity index (χ1) is 13.4. The molecule has 6 heteroatoms. The average molecular weight is 382 g/mol. The van der Waals surface area contributed by atoms with Crippen LogP contribution < -0.4 is 20.1 Å². The highest BCUT2D eigenvalue weighted by molar-refractivity contribution is 6.04. The Balaban J connectivity index is 1.64. The van der Waals surface area contributed by atoms with Crippen molar-refractivity contribution in [3.8, 4) is 11.5 Å². The van der Waals surface area contributed by atoms with Crippen molar-refractivity contribution in [3.63, 3.8) is 0 Å². The Labute approximate surface area is 165 Å². The van der Waals surface area contributed by atoms with Gasteiger partial charge in [0.15, 0.2) is 0 Å². The van der Waals surface area contributed by atoms with Crippen molar-refractivity contribution < 1.29 is 19.1 Å². The Bertz CT molecular complexity index is 879. The minimum Gasteiger partial charge on any atom is -0.497 e. The summed E-state index contributed by atoms with van der Waals surface area (Å²) in [6.07, 6.45) is 0.536. The number of rotatable bonds is 7. The Morgan fingerprint density at radius 3 is 2.18 bits per heavy atom. The average Bonchev–Trinajstić information content (AvgIpc) is 3.49. The topological polar surface area (TPSA) is 76.7 Å². The number of ether oxygens (including phenoxy) is 2. The standard InChI is InChI=1S/C22H26N2O4/c1-13(2)15-7-5-6-8-18(15)23-21(25)16-12-17(16)22(26)24-19-11-14(27-3)9-10-20(19)28-4/h5-11,13,16-17H,12H2,1-4H3,(H,23,25)(H,24,26). The lowest BCUT2D eigenvalue weighted by Crippen LogP contribution is -2.21. The van der Waals surface area contributed by atoms with Gasteiger partial charge in [0.1, 0.15) is 11.5 Å². The number of methoxy groups -OCH3 is 2. The van der Waals surface area contributed by atoms with Gasteiger partial charge in [-0.15, -0.1) is 0 Å². The lowest BCUT2D eigenvalue weighted by molar-refractivity contribution is -0.122. The van der Waals surface area contributed by atoms with Gasteiger partial charge >= 0.3 is 0 Å². The molecule has 148 valence electrons. The zero-order valence-corrected chi connectivity index (χ0v) is 16.6. The summed E-state index contributed by atoms with van der Waals surface area (Å²) in [5.74, 6) is 0.483. The molecule has 2 aromatic carbocycles. The Kier molecular flexibility index (Phi) is 5.87. The molecule has 3 rings (SSSR count). The quantitative estimate of drug-likeness (QED) is 0.758. The van der Waals surface area contributed by atoms with Gasteiger partial charge in [0, 0.05) is 11.8 Å². The smallest absolute Gasteiger partial charge is 0.228 e. The van der Waals surface area contributed by atoms with E-state index in [1.54, 1.807) is 25.3 Å². The van der Waals surface area contributed by atoms with E-state index in [1.165, 1.54) is 7.11 Å². The predicted octanol–water partition coefficient (Wildman–Crippen LogP) is 4.04. The van der Waals surface area contributed by atoms with Gasteiger partial charge in [0.25, 0.3) is 0 Å². The Morgan fingerprint density at radius 1 is 0.929 bits per heavy atom. The van der Waals surface area contributed by atoms with E-state index in [0.29, 0.717) is 29.5 Å². The third-order valence-electron chi connectivity index (χ3n) is 4.97. The zero-order chi connectivity index (χ0) is 20.3. The SMILES string of the molecule is COc1ccc(OC)c(NC(=O)C2CC2C(=O)Nc2ccccc2C(C)C)c1. The number of anilines is 2. The summed E-state index contributed by atoms with van der Waals surface area (Å²) < 4.78 is 10.5. The molecule has 0 heterocycles. The summed E-state index contributed by atoms with van der Waals surface area (Å²) >= 11 is 0. The van der Waals surface area contributed by atoms with Crippen LogP contribution in [0.3, 0.4) is 0 Å². The van der Waals surface area contributed by atoms with Crippen molar-refractivity contribution >= 4 is 23.2 Å². The molecule has 0 bridgehead atoms. The molecule has 1 aliphatic carbocycles. The van der Waals surface area contributed by atoms with Crippen LogP contribution in [-0.4, -0.2) is 26.0 Å². The fourth-order valence-corrected chi connectivity index (χ4v) is 3.25. The molecule has 1 saturated carbocycles. The maximum atomic E-state index is 12.6. The van der Waals surface area contributed by atoms with Crippen LogP contribution in [0.4, 0.5) is 11.4 Å². The number of para-hydroxylation sites is 1. The molecule has 0 radical (unpaired) electrons. The van der Waals surface area contributed by atoms with Crippen LogP contribution in [0.1, 0.15) is 31.7 Å². The molecule has 28 heavy (non-hydrogen) atoms. The molecule has 1 fully saturated rings. The van der Waals surface area contributed by atoms with E-state index in [4.69, 9.17) is 9.47 Å². The van der Waals surface area contributed by atoms with Gasteiger partial charge in [-0.05, 0) is 36.1 Å². The second kappa shape index (κ2) is 8.33. The largest absolute Gasteiger partial charge is 0.497 e. The lowest BCUT2D eigenvalue weighted by Gasteiger charge is -2.14. The van der Waals surface area contributed by atoms with Gasteiger partial charge in [0.2, 0.25) is 11.8 Å². The van der Waals surface area contributed by atoms with E-state index in [0.717, 1.165) is 11.3 Å². The summed E-state index contributed by atoms with van der Waals surface area (Å²) in [6, 6.07) is 12.9. The number of amides is 2. The maximum absolute atomic E-state index is 12.6. The van der Waals surface area contributed by atoms with Crippen LogP contribution in [0.25, 0.3) is 0 Å². The van der Waals surface area contributed by atoms with E-state index in [1.807, 2.05) is 24.3 Å². The normalized spacial score (nSPS) is 17.8. The number of nitrogens with one attached hydrogen (secondary N) is 2. The molecule has 1 aliphatic rings. The monoisotopic (exact) mass is 382 g/mol. The molecule has 2 amide bonds. The molecule has 0 aliphatic heterocycles. The van der Waals surface area contributed by atoms with E-state index < -0.39 is 0 Å². The summed E-state index contributed by atoms with van der Waals surface area (Å²) in [5.41, 5.74) is 2.42. The van der Waals surface area contributed by atoms with Gasteiger partial charge in [-0.25, -0.2) is 0 Å². The number of hydrogen-bond donors (Lipinski definition) is 2. The van der Waals surface area contributed by atoms with Crippen LogP contribution >= 0.6 is 0 Å². The first kappa shape index (κ1) is 19.7. The molecular formula is C22H26N2O4. The van der Waals surface area contributed by atoms with Gasteiger partial charge in [0.05, 0.1) is 31.7 Å². The molecule has 0 aromatic heterocycles. The molecule has 6 nitrogen and oxygen atoms in total. The number of benzene rings is 2. The summed E-state index contributed by atoms with van der Waals surface area (Å²) in [7, 11) is 3.10. The summed E-state index contributed by atoms with van der Waals surface area (Å²) in [4.78, 5) is 25.2. The molecule has 0 spiro atoms. The fraction of sp³-hybridized carbons (Fsp3) is 0.364. The van der Waals surface area contributed by atoms with Crippen molar-refractivity contribution in [1.82, 2.24) is 0 Å². The zero-order valence-electron chi connectivity index (χ0n) is 16.6. The lowest BCUT2D eigenvalue weighted by atomic mass is 10.0. The van der Waals surface area contributed by atoms with E-state index in [9.17, 15) is 9.59 Å². The number of carbonyl (C=O) groups excluding carboxylic acids is 2. The van der Waals surface area contributed by atoms with Crippen molar-refractivity contribution in [2.75, 3.05) is 24.9 Å². The van der Waals surface area contributed by atoms with E-state index in [-0.39, 0.29) is 23.7 Å². The van der Waals surface area contributed by atoms with E-state index in [2.05, 4.69) is 24.5 Å². The van der Waals surface area contributed by atoms with Crippen LogP contribution in [0.5, 0.6) is 11.5 Å². The van der Waals surface area contributed by atoms with Crippen molar-refractivity contribution in [1.29, 1.82) is 0 Å². The first-order valence-electron chi connectivity index (χ1n) is 9.37. The van der Waals surface area contributed by atoms with Crippen LogP contribution in [0.2, 0.25) is 0 Å². The molecular weight excluding hydrogens is 356 g/mol. The number of carbonyl (C=O) groups is 2. The van der Waals surface area contributed by atoms with Crippen LogP contribution in [0, 0.1) is 11.8 Å². The Hall–Kier alpha value is -3.02. The molecule has 2 atom stereocenters. The van der Waals surface area contributed by atoms with Crippen molar-refractivity contribution in [2.24, 2.45) is 11.8 Å². The van der Waals surface area contributed by atoms with E-state index >= 15 is 0 Å². The van der Waals surface area contributed by atoms with Crippen molar-refractivity contribution in [2.45, 2.75) is 26.2 Å². The summed E-state index contributed by atoms with van der Waals surface area (Å²) in [5, 5.41) is 5.83. The third-order valence-corrected chi connectivity index (χ3v) is 4.97. The maximum Gasteiger partial charge on any atom is 0.228 e. The fourth-order valence-electron chi connectivity index (χ4n) is 3.25. The predicted molar refractivity (Wildman–Crippen MR) is 109 cm³/mol. The highest BCUT2D eigenvalue weighted by atomic mass is 16.5. The molecule has 2 N–H and O–H groups in total. The van der Waals surface area contributed by atoms with Crippen LogP contribution in [-0.2, 0) is 9.59 Å². The van der Waals surface area contributed by atoms with Gasteiger partial charge in [-0.2, -0.15) is 0 Å². The Morgan fingerprint density at radius 2 is 1.57 bits per heavy atom. The third kappa shape index (κ3) is 4.27. The minimum absolute atomic E-state index is 0.120. The minimum atomic E-state index is -0.345. The number of hydrogen-bond acceptors (Lipinski definition) is 4. The first-order valence-corrected chi connectivity index (χ1v) is 9.37. The molecule has 2 unspecified atom stereocenters. The van der Waals surface area contributed by atoms with Gasteiger partial charge in [-0.3, -0.25) is 9.59 Å². The van der Waals surface area contributed by atoms with Gasteiger partial charge < -0.3 is 20.1 Å². The highest BCUT2D eigenvalue weighted by Gasteiger charge is 2.48. The second-order valence-corrected chi connectivity index (χ2v) is 7.24. The van der Waals surface area contributed by atoms with Crippen molar-refractivity contribution in [3.05, 3.63) is 48.0 Å². The second-order valence-electron chi connectivity index (χ2n) is 7.24. The summed E-state index contributed by atoms with van der Waals surface area (Å²) in [6.45, 7) is 4.17. The van der Waals surface area contributed by atoms with Gasteiger partial charge in [-0.1, -0.05) is 32.0 Å². The van der Waals surface area contributed by atoms with Crippen LogP contribution in [0.15, 0.2) is 42.5 Å².